The van der Waals surface area contributed by atoms with Crippen molar-refractivity contribution >= 4 is 17.6 Å². The predicted octanol–water partition coefficient (Wildman–Crippen LogP) is 1.39. The first-order chi connectivity index (χ1) is 9.65. The van der Waals surface area contributed by atoms with Crippen molar-refractivity contribution in [2.24, 2.45) is 11.8 Å². The van der Waals surface area contributed by atoms with Gasteiger partial charge in [0.25, 0.3) is 0 Å². The Bertz CT molecular complexity index is 521. The molecule has 2 fully saturated rings. The Hall–Kier alpha value is -1.92. The summed E-state index contributed by atoms with van der Waals surface area (Å²) in [6, 6.07) is 7.17. The molecule has 0 radical (unpaired) electrons. The fourth-order valence-electron chi connectivity index (χ4n) is 2.27. The van der Waals surface area contributed by atoms with E-state index in [4.69, 9.17) is 14.6 Å². The Morgan fingerprint density at radius 1 is 1.10 bits per heavy atom. The molecule has 2 aliphatic rings. The van der Waals surface area contributed by atoms with Crippen molar-refractivity contribution in [3.8, 4) is 0 Å². The predicted molar refractivity (Wildman–Crippen MR) is 68.9 cm³/mol. The van der Waals surface area contributed by atoms with Crippen LogP contribution in [0.1, 0.15) is 18.3 Å². The third-order valence-corrected chi connectivity index (χ3v) is 3.52. The summed E-state index contributed by atoms with van der Waals surface area (Å²) in [5.41, 5.74) is 1.54. The second-order valence-electron chi connectivity index (χ2n) is 4.97. The van der Waals surface area contributed by atoms with Gasteiger partial charge in [-0.1, -0.05) is 12.1 Å². The molecule has 2 unspecified atom stereocenters. The molecule has 1 aromatic rings. The fraction of sp³-hybridized carbons (Fsp3) is 0.429. The molecule has 20 heavy (non-hydrogen) atoms. The number of carbonyl (C=O) groups is 2. The van der Waals surface area contributed by atoms with Gasteiger partial charge >= 0.3 is 5.97 Å². The number of nitrogens with one attached hydrogen (secondary N) is 1. The lowest BCUT2D eigenvalue weighted by atomic mass is 10.2. The van der Waals surface area contributed by atoms with E-state index in [1.54, 1.807) is 12.1 Å². The quantitative estimate of drug-likeness (QED) is 0.868. The monoisotopic (exact) mass is 277 g/mol. The number of aliphatic carboxylic acids is 1. The minimum Gasteiger partial charge on any atom is -0.481 e. The van der Waals surface area contributed by atoms with Crippen molar-refractivity contribution in [3.05, 3.63) is 29.8 Å². The summed E-state index contributed by atoms with van der Waals surface area (Å²) in [6.45, 7) is 1.17. The fourth-order valence-corrected chi connectivity index (χ4v) is 2.27. The van der Waals surface area contributed by atoms with Gasteiger partial charge in [-0.05, 0) is 18.6 Å². The van der Waals surface area contributed by atoms with Crippen molar-refractivity contribution in [2.45, 2.75) is 12.7 Å². The largest absolute Gasteiger partial charge is 0.481 e. The lowest BCUT2D eigenvalue weighted by Crippen LogP contribution is -2.16. The smallest absolute Gasteiger partial charge is 0.307 e. The van der Waals surface area contributed by atoms with Gasteiger partial charge in [-0.15, -0.1) is 0 Å². The van der Waals surface area contributed by atoms with Crippen LogP contribution in [0.3, 0.4) is 0 Å². The minimum absolute atomic E-state index is 0.237. The standard InChI is InChI=1S/C14H15NO5/c16-12(10-7-11(10)13(17)18)15-9-3-1-8(2-4-9)14-19-5-6-20-14/h1-4,10-11,14H,5-7H2,(H,15,16)(H,17,18). The van der Waals surface area contributed by atoms with Gasteiger partial charge in [0.2, 0.25) is 5.91 Å². The normalized spacial score (nSPS) is 25.4. The lowest BCUT2D eigenvalue weighted by Gasteiger charge is -2.10. The molecular weight excluding hydrogens is 262 g/mol. The molecule has 1 amide bonds. The van der Waals surface area contributed by atoms with E-state index < -0.39 is 17.8 Å². The zero-order valence-corrected chi connectivity index (χ0v) is 10.7. The topological polar surface area (TPSA) is 84.9 Å². The van der Waals surface area contributed by atoms with E-state index in [1.807, 2.05) is 12.1 Å². The molecule has 6 nitrogen and oxygen atoms in total. The van der Waals surface area contributed by atoms with Crippen LogP contribution in [0.15, 0.2) is 24.3 Å². The number of rotatable bonds is 4. The van der Waals surface area contributed by atoms with Crippen LogP contribution in [-0.4, -0.2) is 30.2 Å². The van der Waals surface area contributed by atoms with Crippen LogP contribution < -0.4 is 5.32 Å². The van der Waals surface area contributed by atoms with E-state index in [-0.39, 0.29) is 12.2 Å². The number of anilines is 1. The third kappa shape index (κ3) is 2.66. The van der Waals surface area contributed by atoms with Crippen molar-refractivity contribution < 1.29 is 24.2 Å². The van der Waals surface area contributed by atoms with Gasteiger partial charge in [-0.3, -0.25) is 9.59 Å². The molecule has 1 saturated heterocycles. The summed E-state index contributed by atoms with van der Waals surface area (Å²) in [4.78, 5) is 22.5. The van der Waals surface area contributed by atoms with Gasteiger partial charge in [0.05, 0.1) is 25.0 Å². The summed E-state index contributed by atoms with van der Waals surface area (Å²) in [5, 5.41) is 11.5. The molecule has 1 aliphatic heterocycles. The van der Waals surface area contributed by atoms with Gasteiger partial charge in [-0.2, -0.15) is 0 Å². The summed E-state index contributed by atoms with van der Waals surface area (Å²) in [7, 11) is 0. The Morgan fingerprint density at radius 2 is 1.75 bits per heavy atom. The van der Waals surface area contributed by atoms with Crippen LogP contribution >= 0.6 is 0 Å². The molecule has 3 rings (SSSR count). The maximum atomic E-state index is 11.8. The number of carboxylic acid groups (broad SMARTS) is 1. The summed E-state index contributed by atoms with van der Waals surface area (Å²) < 4.78 is 10.7. The van der Waals surface area contributed by atoms with Crippen LogP contribution in [0, 0.1) is 11.8 Å². The van der Waals surface area contributed by atoms with Crippen molar-refractivity contribution in [1.82, 2.24) is 0 Å². The molecule has 2 atom stereocenters. The summed E-state index contributed by atoms with van der Waals surface area (Å²) in [6.07, 6.45) is 0.0859. The second-order valence-corrected chi connectivity index (χ2v) is 4.97. The first kappa shape index (κ1) is 13.1. The number of benzene rings is 1. The van der Waals surface area contributed by atoms with E-state index in [0.29, 0.717) is 25.3 Å². The molecule has 1 aromatic carbocycles. The average molecular weight is 277 g/mol. The van der Waals surface area contributed by atoms with Crippen molar-refractivity contribution in [3.63, 3.8) is 0 Å². The van der Waals surface area contributed by atoms with E-state index in [1.165, 1.54) is 0 Å². The maximum Gasteiger partial charge on any atom is 0.307 e. The SMILES string of the molecule is O=C(O)C1CC1C(=O)Nc1ccc(C2OCCO2)cc1. The van der Waals surface area contributed by atoms with E-state index in [0.717, 1.165) is 5.56 Å². The highest BCUT2D eigenvalue weighted by Gasteiger charge is 2.48. The molecule has 1 aliphatic carbocycles. The van der Waals surface area contributed by atoms with Crippen LogP contribution in [-0.2, 0) is 19.1 Å². The Balaban J connectivity index is 1.58. The lowest BCUT2D eigenvalue weighted by molar-refractivity contribution is -0.139. The van der Waals surface area contributed by atoms with Gasteiger partial charge in [0.1, 0.15) is 0 Å². The molecule has 1 saturated carbocycles. The number of amides is 1. The number of hydrogen-bond acceptors (Lipinski definition) is 4. The minimum atomic E-state index is -0.906. The van der Waals surface area contributed by atoms with E-state index in [2.05, 4.69) is 5.32 Å². The number of carbonyl (C=O) groups excluding carboxylic acids is 1. The zero-order chi connectivity index (χ0) is 14.1. The highest BCUT2D eigenvalue weighted by molar-refractivity contribution is 5.98. The molecule has 0 aromatic heterocycles. The van der Waals surface area contributed by atoms with E-state index >= 15 is 0 Å². The highest BCUT2D eigenvalue weighted by atomic mass is 16.7. The molecule has 6 heteroatoms. The molecule has 106 valence electrons. The van der Waals surface area contributed by atoms with Crippen molar-refractivity contribution in [1.29, 1.82) is 0 Å². The van der Waals surface area contributed by atoms with Gasteiger partial charge in [0.15, 0.2) is 6.29 Å². The average Bonchev–Trinajstić information content (AvgIpc) is 3.07. The zero-order valence-electron chi connectivity index (χ0n) is 10.7. The number of ether oxygens (including phenoxy) is 2. The number of hydrogen-bond donors (Lipinski definition) is 2. The van der Waals surface area contributed by atoms with Gasteiger partial charge in [-0.25, -0.2) is 0 Å². The Kier molecular flexibility index (Phi) is 3.42. The molecule has 2 N–H and O–H groups in total. The maximum absolute atomic E-state index is 11.8. The van der Waals surface area contributed by atoms with Crippen LogP contribution in [0.4, 0.5) is 5.69 Å². The third-order valence-electron chi connectivity index (χ3n) is 3.52. The first-order valence-corrected chi connectivity index (χ1v) is 6.52. The Morgan fingerprint density at radius 3 is 2.30 bits per heavy atom. The van der Waals surface area contributed by atoms with Gasteiger partial charge in [0, 0.05) is 11.3 Å². The second kappa shape index (κ2) is 5.22. The first-order valence-electron chi connectivity index (χ1n) is 6.52. The molecule has 0 spiro atoms. The van der Waals surface area contributed by atoms with Crippen LogP contribution in [0.5, 0.6) is 0 Å². The van der Waals surface area contributed by atoms with Crippen LogP contribution in [0.25, 0.3) is 0 Å². The summed E-state index contributed by atoms with van der Waals surface area (Å²) >= 11 is 0. The summed E-state index contributed by atoms with van der Waals surface area (Å²) in [5.74, 6) is -2.09. The van der Waals surface area contributed by atoms with Gasteiger partial charge < -0.3 is 19.9 Å². The number of carboxylic acids is 1. The van der Waals surface area contributed by atoms with Crippen molar-refractivity contribution in [2.75, 3.05) is 18.5 Å². The Labute approximate surface area is 115 Å². The highest BCUT2D eigenvalue weighted by Crippen LogP contribution is 2.39. The van der Waals surface area contributed by atoms with E-state index in [9.17, 15) is 9.59 Å². The van der Waals surface area contributed by atoms with Crippen LogP contribution in [0.2, 0.25) is 0 Å². The molecular formula is C14H15NO5. The molecule has 1 heterocycles. The molecule has 0 bridgehead atoms.